The van der Waals surface area contributed by atoms with E-state index in [1.807, 2.05) is 10.8 Å². The molecule has 3 aromatic rings. The first-order valence-electron chi connectivity index (χ1n) is 8.78. The lowest BCUT2D eigenvalue weighted by atomic mass is 10.0. The molecule has 0 radical (unpaired) electrons. The van der Waals surface area contributed by atoms with Gasteiger partial charge in [0.15, 0.2) is 5.11 Å². The lowest BCUT2D eigenvalue weighted by molar-refractivity contribution is 0.722. The highest BCUT2D eigenvalue weighted by molar-refractivity contribution is 7.80. The normalized spacial score (nSPS) is 12.0. The monoisotopic (exact) mass is 364 g/mol. The van der Waals surface area contributed by atoms with Crippen molar-refractivity contribution in [3.8, 4) is 5.69 Å². The molecular weight excluding hydrogens is 340 g/mol. The van der Waals surface area contributed by atoms with E-state index in [4.69, 9.17) is 12.2 Å². The van der Waals surface area contributed by atoms with Gasteiger partial charge in [-0.3, -0.25) is 0 Å². The van der Waals surface area contributed by atoms with Crippen LogP contribution in [0, 0.1) is 0 Å². The standard InChI is InChI=1S/C21H24N4S/c1-15(2)17-4-8-19(9-5-17)24-21(26)23-16(3)18-6-10-20(11-7-18)25-13-12-22-14-25/h4-16H,1-3H3,(H2,23,24,26). The fourth-order valence-electron chi connectivity index (χ4n) is 2.75. The van der Waals surface area contributed by atoms with Crippen molar-refractivity contribution in [1.82, 2.24) is 14.9 Å². The maximum atomic E-state index is 5.45. The quantitative estimate of drug-likeness (QED) is 0.622. The third-order valence-electron chi connectivity index (χ3n) is 4.38. The number of hydrogen-bond acceptors (Lipinski definition) is 2. The molecule has 2 aromatic carbocycles. The Morgan fingerprint density at radius 3 is 2.19 bits per heavy atom. The van der Waals surface area contributed by atoms with Crippen LogP contribution in [-0.4, -0.2) is 14.7 Å². The number of nitrogens with one attached hydrogen (secondary N) is 2. The summed E-state index contributed by atoms with van der Waals surface area (Å²) in [6.45, 7) is 6.48. The Balaban J connectivity index is 1.58. The predicted octanol–water partition coefficient (Wildman–Crippen LogP) is 5.04. The molecule has 1 atom stereocenters. The van der Waals surface area contributed by atoms with E-state index in [9.17, 15) is 0 Å². The minimum atomic E-state index is 0.113. The van der Waals surface area contributed by atoms with E-state index in [-0.39, 0.29) is 6.04 Å². The number of benzene rings is 2. The second-order valence-electron chi connectivity index (χ2n) is 6.66. The Bertz CT molecular complexity index is 837. The van der Waals surface area contributed by atoms with Gasteiger partial charge >= 0.3 is 0 Å². The number of rotatable bonds is 5. The Hall–Kier alpha value is -2.66. The van der Waals surface area contributed by atoms with Gasteiger partial charge in [-0.2, -0.15) is 0 Å². The Morgan fingerprint density at radius 2 is 1.62 bits per heavy atom. The zero-order chi connectivity index (χ0) is 18.5. The Kier molecular flexibility index (Phi) is 5.68. The smallest absolute Gasteiger partial charge is 0.171 e. The van der Waals surface area contributed by atoms with Crippen LogP contribution >= 0.6 is 12.2 Å². The zero-order valence-electron chi connectivity index (χ0n) is 15.3. The molecule has 0 bridgehead atoms. The predicted molar refractivity (Wildman–Crippen MR) is 112 cm³/mol. The highest BCUT2D eigenvalue weighted by atomic mass is 32.1. The van der Waals surface area contributed by atoms with Gasteiger partial charge in [-0.15, -0.1) is 0 Å². The van der Waals surface area contributed by atoms with Crippen LogP contribution in [0.1, 0.15) is 43.9 Å². The van der Waals surface area contributed by atoms with Gasteiger partial charge in [0.25, 0.3) is 0 Å². The number of thiocarbonyl (C=S) groups is 1. The van der Waals surface area contributed by atoms with Gasteiger partial charge in [-0.1, -0.05) is 38.1 Å². The van der Waals surface area contributed by atoms with E-state index in [0.29, 0.717) is 11.0 Å². The van der Waals surface area contributed by atoms with Crippen molar-refractivity contribution in [1.29, 1.82) is 0 Å². The first-order chi connectivity index (χ1) is 12.5. The molecular formula is C21H24N4S. The highest BCUT2D eigenvalue weighted by Gasteiger charge is 2.08. The molecule has 0 amide bonds. The molecule has 4 nitrogen and oxygen atoms in total. The molecule has 1 heterocycles. The molecule has 0 aliphatic carbocycles. The third kappa shape index (κ3) is 4.49. The summed E-state index contributed by atoms with van der Waals surface area (Å²) in [6.07, 6.45) is 5.50. The van der Waals surface area contributed by atoms with Crippen molar-refractivity contribution in [2.75, 3.05) is 5.32 Å². The number of hydrogen-bond donors (Lipinski definition) is 2. The summed E-state index contributed by atoms with van der Waals surface area (Å²) in [5, 5.41) is 7.21. The fraction of sp³-hybridized carbons (Fsp3) is 0.238. The summed E-state index contributed by atoms with van der Waals surface area (Å²) < 4.78 is 1.98. The van der Waals surface area contributed by atoms with Crippen LogP contribution in [-0.2, 0) is 0 Å². The minimum absolute atomic E-state index is 0.113. The van der Waals surface area contributed by atoms with Crippen LogP contribution in [0.25, 0.3) is 5.69 Å². The van der Waals surface area contributed by atoms with Crippen LogP contribution in [0.15, 0.2) is 67.3 Å². The molecule has 0 fully saturated rings. The molecule has 2 N–H and O–H groups in total. The lowest BCUT2D eigenvalue weighted by Gasteiger charge is -2.18. The fourth-order valence-corrected chi connectivity index (χ4v) is 3.04. The summed E-state index contributed by atoms with van der Waals surface area (Å²) in [7, 11) is 0. The van der Waals surface area contributed by atoms with Crippen LogP contribution in [0.2, 0.25) is 0 Å². The molecule has 0 aliphatic rings. The average molecular weight is 365 g/mol. The van der Waals surface area contributed by atoms with E-state index in [1.165, 1.54) is 11.1 Å². The molecule has 26 heavy (non-hydrogen) atoms. The van der Waals surface area contributed by atoms with Crippen molar-refractivity contribution < 1.29 is 0 Å². The molecule has 0 spiro atoms. The van der Waals surface area contributed by atoms with Crippen molar-refractivity contribution in [2.45, 2.75) is 32.7 Å². The van der Waals surface area contributed by atoms with Crippen molar-refractivity contribution >= 4 is 23.0 Å². The summed E-state index contributed by atoms with van der Waals surface area (Å²) >= 11 is 5.45. The summed E-state index contributed by atoms with van der Waals surface area (Å²) in [6, 6.07) is 16.9. The van der Waals surface area contributed by atoms with Gasteiger partial charge in [0.2, 0.25) is 0 Å². The van der Waals surface area contributed by atoms with Crippen molar-refractivity contribution in [2.24, 2.45) is 0 Å². The number of nitrogens with zero attached hydrogens (tertiary/aromatic N) is 2. The second kappa shape index (κ2) is 8.15. The Labute approximate surface area is 160 Å². The lowest BCUT2D eigenvalue weighted by Crippen LogP contribution is -2.30. The molecule has 0 saturated heterocycles. The highest BCUT2D eigenvalue weighted by Crippen LogP contribution is 2.18. The summed E-state index contributed by atoms with van der Waals surface area (Å²) in [5.74, 6) is 0.527. The van der Waals surface area contributed by atoms with E-state index in [2.05, 4.69) is 84.9 Å². The van der Waals surface area contributed by atoms with Gasteiger partial charge in [0.05, 0.1) is 12.4 Å². The topological polar surface area (TPSA) is 41.9 Å². The van der Waals surface area contributed by atoms with E-state index in [1.54, 1.807) is 12.5 Å². The van der Waals surface area contributed by atoms with E-state index < -0.39 is 0 Å². The number of aromatic nitrogens is 2. The molecule has 0 saturated carbocycles. The van der Waals surface area contributed by atoms with Crippen molar-refractivity contribution in [3.05, 3.63) is 78.4 Å². The SMILES string of the molecule is CC(C)c1ccc(NC(=S)NC(C)c2ccc(-n3ccnc3)cc2)cc1. The minimum Gasteiger partial charge on any atom is -0.356 e. The second-order valence-corrected chi connectivity index (χ2v) is 7.07. The van der Waals surface area contributed by atoms with Gasteiger partial charge < -0.3 is 15.2 Å². The largest absolute Gasteiger partial charge is 0.356 e. The maximum Gasteiger partial charge on any atom is 0.171 e. The van der Waals surface area contributed by atoms with Crippen molar-refractivity contribution in [3.63, 3.8) is 0 Å². The van der Waals surface area contributed by atoms with Gasteiger partial charge in [0, 0.05) is 23.8 Å². The molecule has 3 rings (SSSR count). The average Bonchev–Trinajstić information content (AvgIpc) is 3.17. The molecule has 1 unspecified atom stereocenters. The summed E-state index contributed by atoms with van der Waals surface area (Å²) in [5.41, 5.74) is 4.58. The van der Waals surface area contributed by atoms with E-state index in [0.717, 1.165) is 11.4 Å². The number of anilines is 1. The van der Waals surface area contributed by atoms with Gasteiger partial charge in [0.1, 0.15) is 0 Å². The van der Waals surface area contributed by atoms with Crippen LogP contribution in [0.4, 0.5) is 5.69 Å². The van der Waals surface area contributed by atoms with Gasteiger partial charge in [-0.25, -0.2) is 4.98 Å². The van der Waals surface area contributed by atoms with E-state index >= 15 is 0 Å². The van der Waals surface area contributed by atoms with Crippen LogP contribution < -0.4 is 10.6 Å². The Morgan fingerprint density at radius 1 is 0.962 bits per heavy atom. The molecule has 134 valence electrons. The first-order valence-corrected chi connectivity index (χ1v) is 9.19. The maximum absolute atomic E-state index is 5.45. The number of imidazole rings is 1. The molecule has 1 aromatic heterocycles. The molecule has 5 heteroatoms. The third-order valence-corrected chi connectivity index (χ3v) is 4.60. The first kappa shape index (κ1) is 18.1. The van der Waals surface area contributed by atoms with Gasteiger partial charge in [-0.05, 0) is 60.5 Å². The van der Waals surface area contributed by atoms with Crippen LogP contribution in [0.3, 0.4) is 0 Å². The molecule has 0 aliphatic heterocycles. The zero-order valence-corrected chi connectivity index (χ0v) is 16.1. The summed E-state index contributed by atoms with van der Waals surface area (Å²) in [4.78, 5) is 4.08. The van der Waals surface area contributed by atoms with Crippen LogP contribution in [0.5, 0.6) is 0 Å².